The number of rotatable bonds is 10. The molecule has 0 fully saturated rings. The lowest BCUT2D eigenvalue weighted by Crippen LogP contribution is -2.38. The van der Waals surface area contributed by atoms with Gasteiger partial charge in [-0.1, -0.05) is 35.9 Å². The van der Waals surface area contributed by atoms with Crippen molar-refractivity contribution in [2.75, 3.05) is 32.5 Å². The van der Waals surface area contributed by atoms with Crippen molar-refractivity contribution in [2.24, 2.45) is 4.99 Å². The van der Waals surface area contributed by atoms with Gasteiger partial charge in [0, 0.05) is 19.6 Å². The average molecular weight is 545 g/mol. The Bertz CT molecular complexity index is 903. The SMILES string of the molecule is CCNC(=NCCCS(=O)(=O)c1ccccc1)NCCc1cc(C)ccc1OC.I. The van der Waals surface area contributed by atoms with Crippen molar-refractivity contribution in [2.45, 2.75) is 31.6 Å². The lowest BCUT2D eigenvalue weighted by Gasteiger charge is -2.13. The molecular formula is C22H32IN3O3S. The highest BCUT2D eigenvalue weighted by molar-refractivity contribution is 14.0. The predicted molar refractivity (Wildman–Crippen MR) is 134 cm³/mol. The Morgan fingerprint density at radius 3 is 2.50 bits per heavy atom. The molecule has 8 heteroatoms. The number of sulfone groups is 1. The number of aryl methyl sites for hydroxylation is 1. The summed E-state index contributed by atoms with van der Waals surface area (Å²) in [6.07, 6.45) is 1.27. The first-order valence-corrected chi connectivity index (χ1v) is 11.5. The Labute approximate surface area is 197 Å². The fourth-order valence-electron chi connectivity index (χ4n) is 2.95. The number of hydrogen-bond donors (Lipinski definition) is 2. The zero-order valence-corrected chi connectivity index (χ0v) is 21.0. The first-order chi connectivity index (χ1) is 14.0. The fourth-order valence-corrected chi connectivity index (χ4v) is 4.27. The number of nitrogens with one attached hydrogen (secondary N) is 2. The highest BCUT2D eigenvalue weighted by atomic mass is 127. The predicted octanol–water partition coefficient (Wildman–Crippen LogP) is 3.58. The van der Waals surface area contributed by atoms with Gasteiger partial charge in [-0.15, -0.1) is 24.0 Å². The number of nitrogens with zero attached hydrogens (tertiary/aromatic N) is 1. The molecule has 2 N–H and O–H groups in total. The van der Waals surface area contributed by atoms with Crippen LogP contribution < -0.4 is 15.4 Å². The Balaban J connectivity index is 0.00000450. The fraction of sp³-hybridized carbons (Fsp3) is 0.409. The van der Waals surface area contributed by atoms with Gasteiger partial charge < -0.3 is 15.4 Å². The van der Waals surface area contributed by atoms with E-state index in [1.165, 1.54) is 5.56 Å². The smallest absolute Gasteiger partial charge is 0.191 e. The van der Waals surface area contributed by atoms with Crippen molar-refractivity contribution in [3.8, 4) is 5.75 Å². The minimum Gasteiger partial charge on any atom is -0.496 e. The van der Waals surface area contributed by atoms with Gasteiger partial charge in [0.2, 0.25) is 0 Å². The quantitative estimate of drug-likeness (QED) is 0.207. The summed E-state index contributed by atoms with van der Waals surface area (Å²) in [6, 6.07) is 14.7. The standard InChI is InChI=1S/C22H31N3O3S.HI/c1-4-23-22(25-15-13-19-17-18(2)11-12-21(19)28-3)24-14-8-16-29(26,27)20-9-6-5-7-10-20;/h5-7,9-12,17H,4,8,13-16H2,1-3H3,(H2,23,24,25);1H. The van der Waals surface area contributed by atoms with Gasteiger partial charge in [0.05, 0.1) is 17.8 Å². The second-order valence-electron chi connectivity index (χ2n) is 6.74. The van der Waals surface area contributed by atoms with Crippen LogP contribution in [0.5, 0.6) is 5.75 Å². The first kappa shape index (κ1) is 26.2. The van der Waals surface area contributed by atoms with Crippen LogP contribution in [-0.2, 0) is 16.3 Å². The van der Waals surface area contributed by atoms with Gasteiger partial charge in [0.1, 0.15) is 5.75 Å². The number of hydrogen-bond acceptors (Lipinski definition) is 4. The van der Waals surface area contributed by atoms with Crippen LogP contribution in [0.15, 0.2) is 58.4 Å². The maximum atomic E-state index is 12.3. The van der Waals surface area contributed by atoms with E-state index in [1.54, 1.807) is 31.4 Å². The van der Waals surface area contributed by atoms with E-state index in [1.807, 2.05) is 25.1 Å². The molecule has 2 aromatic carbocycles. The van der Waals surface area contributed by atoms with Crippen LogP contribution in [0, 0.1) is 6.92 Å². The summed E-state index contributed by atoms with van der Waals surface area (Å²) >= 11 is 0. The van der Waals surface area contributed by atoms with E-state index in [-0.39, 0.29) is 29.7 Å². The lowest BCUT2D eigenvalue weighted by atomic mass is 10.1. The highest BCUT2D eigenvalue weighted by Gasteiger charge is 2.13. The Kier molecular flexibility index (Phi) is 11.8. The zero-order valence-electron chi connectivity index (χ0n) is 17.8. The molecule has 0 saturated heterocycles. The summed E-state index contributed by atoms with van der Waals surface area (Å²) in [6.45, 7) is 5.94. The third-order valence-electron chi connectivity index (χ3n) is 4.41. The molecule has 0 spiro atoms. The maximum Gasteiger partial charge on any atom is 0.191 e. The number of methoxy groups -OCH3 is 1. The number of guanidine groups is 1. The van der Waals surface area contributed by atoms with Crippen molar-refractivity contribution >= 4 is 39.8 Å². The Hall–Kier alpha value is -1.81. The van der Waals surface area contributed by atoms with Crippen molar-refractivity contribution < 1.29 is 13.2 Å². The number of ether oxygens (including phenoxy) is 1. The van der Waals surface area contributed by atoms with E-state index in [0.29, 0.717) is 30.4 Å². The third-order valence-corrected chi connectivity index (χ3v) is 6.23. The topological polar surface area (TPSA) is 79.8 Å². The molecular weight excluding hydrogens is 513 g/mol. The third kappa shape index (κ3) is 8.51. The molecule has 0 unspecified atom stereocenters. The Morgan fingerprint density at radius 1 is 1.10 bits per heavy atom. The van der Waals surface area contributed by atoms with Gasteiger partial charge in [-0.25, -0.2) is 8.42 Å². The summed E-state index contributed by atoms with van der Waals surface area (Å²) in [5.74, 6) is 1.65. The maximum absolute atomic E-state index is 12.3. The van der Waals surface area contributed by atoms with Crippen LogP contribution >= 0.6 is 24.0 Å². The monoisotopic (exact) mass is 545 g/mol. The Morgan fingerprint density at radius 2 is 1.83 bits per heavy atom. The van der Waals surface area contributed by atoms with E-state index in [9.17, 15) is 8.42 Å². The van der Waals surface area contributed by atoms with Crippen LogP contribution in [0.2, 0.25) is 0 Å². The lowest BCUT2D eigenvalue weighted by molar-refractivity contribution is 0.409. The molecule has 0 aliphatic heterocycles. The molecule has 0 saturated carbocycles. The molecule has 0 atom stereocenters. The summed E-state index contributed by atoms with van der Waals surface area (Å²) in [5.41, 5.74) is 2.34. The van der Waals surface area contributed by atoms with E-state index >= 15 is 0 Å². The molecule has 0 bridgehead atoms. The first-order valence-electron chi connectivity index (χ1n) is 9.89. The normalized spacial score (nSPS) is 11.5. The molecule has 6 nitrogen and oxygen atoms in total. The van der Waals surface area contributed by atoms with Crippen LogP contribution in [0.25, 0.3) is 0 Å². The molecule has 0 aromatic heterocycles. The minimum absolute atomic E-state index is 0. The molecule has 0 heterocycles. The molecule has 30 heavy (non-hydrogen) atoms. The van der Waals surface area contributed by atoms with E-state index in [2.05, 4.69) is 28.6 Å². The molecule has 0 aliphatic rings. The van der Waals surface area contributed by atoms with E-state index < -0.39 is 9.84 Å². The number of aliphatic imine (C=N–C) groups is 1. The van der Waals surface area contributed by atoms with Crippen LogP contribution in [-0.4, -0.2) is 46.9 Å². The number of benzene rings is 2. The van der Waals surface area contributed by atoms with Gasteiger partial charge >= 0.3 is 0 Å². The van der Waals surface area contributed by atoms with Gasteiger partial charge in [0.25, 0.3) is 0 Å². The zero-order chi connectivity index (χ0) is 21.1. The van der Waals surface area contributed by atoms with Gasteiger partial charge in [-0.05, 0) is 50.5 Å². The van der Waals surface area contributed by atoms with Crippen LogP contribution in [0.3, 0.4) is 0 Å². The minimum atomic E-state index is -3.26. The molecule has 0 radical (unpaired) electrons. The van der Waals surface area contributed by atoms with E-state index in [4.69, 9.17) is 4.74 Å². The van der Waals surface area contributed by atoms with Gasteiger partial charge in [-0.3, -0.25) is 4.99 Å². The molecule has 166 valence electrons. The van der Waals surface area contributed by atoms with Crippen LogP contribution in [0.1, 0.15) is 24.5 Å². The second-order valence-corrected chi connectivity index (χ2v) is 8.85. The summed E-state index contributed by atoms with van der Waals surface area (Å²) in [4.78, 5) is 4.86. The largest absolute Gasteiger partial charge is 0.496 e. The summed E-state index contributed by atoms with van der Waals surface area (Å²) in [5, 5.41) is 6.50. The average Bonchev–Trinajstić information content (AvgIpc) is 2.72. The molecule has 0 aliphatic carbocycles. The van der Waals surface area contributed by atoms with E-state index in [0.717, 1.165) is 24.3 Å². The van der Waals surface area contributed by atoms with Crippen molar-refractivity contribution in [3.63, 3.8) is 0 Å². The molecule has 2 aromatic rings. The van der Waals surface area contributed by atoms with Crippen LogP contribution in [0.4, 0.5) is 0 Å². The molecule has 0 amide bonds. The van der Waals surface area contributed by atoms with Crippen molar-refractivity contribution in [1.29, 1.82) is 0 Å². The number of halogens is 1. The van der Waals surface area contributed by atoms with Gasteiger partial charge in [-0.2, -0.15) is 0 Å². The van der Waals surface area contributed by atoms with Gasteiger partial charge in [0.15, 0.2) is 15.8 Å². The summed E-state index contributed by atoms with van der Waals surface area (Å²) in [7, 11) is -1.58. The summed E-state index contributed by atoms with van der Waals surface area (Å²) < 4.78 is 30.1. The van der Waals surface area contributed by atoms with Crippen molar-refractivity contribution in [1.82, 2.24) is 10.6 Å². The molecule has 2 rings (SSSR count). The van der Waals surface area contributed by atoms with Crippen molar-refractivity contribution in [3.05, 3.63) is 59.7 Å². The second kappa shape index (κ2) is 13.5. The highest BCUT2D eigenvalue weighted by Crippen LogP contribution is 2.19.